The molecule has 0 amide bonds. The molecule has 2 unspecified atom stereocenters. The van der Waals surface area contributed by atoms with Crippen LogP contribution < -0.4 is 4.74 Å². The second-order valence-electron chi connectivity index (χ2n) is 6.83. The first-order chi connectivity index (χ1) is 11.1. The third kappa shape index (κ3) is 2.90. The van der Waals surface area contributed by atoms with E-state index in [4.69, 9.17) is 9.72 Å². The number of benzene rings is 1. The van der Waals surface area contributed by atoms with Gasteiger partial charge in [0.1, 0.15) is 16.3 Å². The summed E-state index contributed by atoms with van der Waals surface area (Å²) in [6.07, 6.45) is 4.01. The van der Waals surface area contributed by atoms with E-state index in [0.29, 0.717) is 5.92 Å². The highest BCUT2D eigenvalue weighted by Gasteiger charge is 2.40. The summed E-state index contributed by atoms with van der Waals surface area (Å²) in [6.45, 7) is 1.06. The van der Waals surface area contributed by atoms with E-state index in [2.05, 4.69) is 41.0 Å². The standard InChI is InChI=1S/C18H21BrN2OS.ClH/c1-21(2)9-12-10-4-5-11(8-10)15(12)18-20-16-14(22-3)7-6-13(19)17(16)23-18;/h6-7,10-11H,4-5,8-9H2,1-3H3;1H. The maximum absolute atomic E-state index is 5.51. The van der Waals surface area contributed by atoms with Crippen LogP contribution in [0.5, 0.6) is 5.75 Å². The number of thiazole rings is 1. The zero-order chi connectivity index (χ0) is 16.1. The first-order valence-corrected chi connectivity index (χ1v) is 9.70. The average Bonchev–Trinajstić information content (AvgIpc) is 3.20. The Kier molecular flexibility index (Phi) is 5.26. The first kappa shape index (κ1) is 18.2. The third-order valence-corrected chi connectivity index (χ3v) is 7.12. The molecule has 2 bridgehead atoms. The molecule has 1 saturated carbocycles. The monoisotopic (exact) mass is 428 g/mol. The zero-order valence-electron chi connectivity index (χ0n) is 14.1. The van der Waals surface area contributed by atoms with Crippen molar-refractivity contribution in [2.75, 3.05) is 27.7 Å². The Hall–Kier alpha value is -0.620. The smallest absolute Gasteiger partial charge is 0.146 e. The van der Waals surface area contributed by atoms with Crippen LogP contribution in [0.4, 0.5) is 0 Å². The van der Waals surface area contributed by atoms with E-state index in [1.165, 1.54) is 34.5 Å². The largest absolute Gasteiger partial charge is 0.494 e. The van der Waals surface area contributed by atoms with Crippen molar-refractivity contribution in [3.8, 4) is 5.75 Å². The first-order valence-electron chi connectivity index (χ1n) is 8.09. The predicted molar refractivity (Wildman–Crippen MR) is 107 cm³/mol. The Morgan fingerprint density at radius 2 is 2.04 bits per heavy atom. The van der Waals surface area contributed by atoms with Gasteiger partial charge in [-0.3, -0.25) is 0 Å². The lowest BCUT2D eigenvalue weighted by Gasteiger charge is -2.21. The van der Waals surface area contributed by atoms with Gasteiger partial charge in [0.2, 0.25) is 0 Å². The molecule has 1 heterocycles. The number of allylic oxidation sites excluding steroid dienone is 1. The van der Waals surface area contributed by atoms with Gasteiger partial charge in [-0.2, -0.15) is 0 Å². The summed E-state index contributed by atoms with van der Waals surface area (Å²) >= 11 is 5.48. The van der Waals surface area contributed by atoms with E-state index >= 15 is 0 Å². The number of fused-ring (bicyclic) bond motifs is 3. The van der Waals surface area contributed by atoms with Crippen LogP contribution in [-0.2, 0) is 0 Å². The molecular weight excluding hydrogens is 408 g/mol. The van der Waals surface area contributed by atoms with Gasteiger partial charge in [-0.15, -0.1) is 23.7 Å². The fourth-order valence-corrected chi connectivity index (χ4v) is 5.85. The summed E-state index contributed by atoms with van der Waals surface area (Å²) in [5.41, 5.74) is 4.15. The molecule has 24 heavy (non-hydrogen) atoms. The molecule has 1 aromatic carbocycles. The van der Waals surface area contributed by atoms with Crippen LogP contribution in [0.1, 0.15) is 24.3 Å². The molecule has 2 aliphatic rings. The van der Waals surface area contributed by atoms with Crippen molar-refractivity contribution in [3.05, 3.63) is 27.2 Å². The van der Waals surface area contributed by atoms with Gasteiger partial charge in [-0.25, -0.2) is 4.98 Å². The van der Waals surface area contributed by atoms with Crippen LogP contribution in [0, 0.1) is 11.8 Å². The molecule has 0 aliphatic heterocycles. The minimum absolute atomic E-state index is 0. The van der Waals surface area contributed by atoms with Crippen molar-refractivity contribution in [1.29, 1.82) is 0 Å². The van der Waals surface area contributed by atoms with Crippen LogP contribution >= 0.6 is 39.7 Å². The molecule has 1 aromatic heterocycles. The highest BCUT2D eigenvalue weighted by Crippen LogP contribution is 2.54. The van der Waals surface area contributed by atoms with E-state index in [9.17, 15) is 0 Å². The van der Waals surface area contributed by atoms with E-state index < -0.39 is 0 Å². The summed E-state index contributed by atoms with van der Waals surface area (Å²) in [7, 11) is 6.04. The number of ether oxygens (including phenoxy) is 1. The normalized spacial score (nSPS) is 22.5. The lowest BCUT2D eigenvalue weighted by molar-refractivity contribution is 0.419. The van der Waals surface area contributed by atoms with Crippen LogP contribution in [-0.4, -0.2) is 37.6 Å². The van der Waals surface area contributed by atoms with Gasteiger partial charge in [-0.05, 0) is 84.4 Å². The van der Waals surface area contributed by atoms with Crippen LogP contribution in [0.3, 0.4) is 0 Å². The van der Waals surface area contributed by atoms with Gasteiger partial charge < -0.3 is 9.64 Å². The highest BCUT2D eigenvalue weighted by molar-refractivity contribution is 9.10. The maximum Gasteiger partial charge on any atom is 0.146 e. The number of hydrogen-bond acceptors (Lipinski definition) is 4. The average molecular weight is 430 g/mol. The number of hydrogen-bond donors (Lipinski definition) is 0. The second-order valence-corrected chi connectivity index (χ2v) is 8.68. The molecule has 130 valence electrons. The molecule has 0 saturated heterocycles. The SMILES string of the molecule is COc1ccc(Br)c2sc(C3=C(CN(C)C)C4CCC3C4)nc12.Cl. The topological polar surface area (TPSA) is 25.4 Å². The summed E-state index contributed by atoms with van der Waals surface area (Å²) in [5.74, 6) is 2.35. The summed E-state index contributed by atoms with van der Waals surface area (Å²) in [6, 6.07) is 4.05. The Morgan fingerprint density at radius 1 is 1.29 bits per heavy atom. The Bertz CT molecular complexity index is 802. The van der Waals surface area contributed by atoms with Crippen molar-refractivity contribution in [2.24, 2.45) is 11.8 Å². The predicted octanol–water partition coefficient (Wildman–Crippen LogP) is 5.23. The lowest BCUT2D eigenvalue weighted by atomic mass is 9.92. The molecule has 6 heteroatoms. The molecule has 4 rings (SSSR count). The van der Waals surface area contributed by atoms with Crippen molar-refractivity contribution < 1.29 is 4.74 Å². The molecule has 2 atom stereocenters. The fraction of sp³-hybridized carbons (Fsp3) is 0.500. The molecule has 0 spiro atoms. The Labute approximate surface area is 161 Å². The third-order valence-electron chi connectivity index (χ3n) is 5.08. The van der Waals surface area contributed by atoms with Gasteiger partial charge in [0.15, 0.2) is 0 Å². The number of likely N-dealkylation sites (N-methyl/N-ethyl adjacent to an activating group) is 1. The molecule has 2 aromatic rings. The molecule has 3 nitrogen and oxygen atoms in total. The van der Waals surface area contributed by atoms with Gasteiger partial charge in [-0.1, -0.05) is 0 Å². The Balaban J connectivity index is 0.00000169. The van der Waals surface area contributed by atoms with Gasteiger partial charge in [0.25, 0.3) is 0 Å². The van der Waals surface area contributed by atoms with Crippen LogP contribution in [0.2, 0.25) is 0 Å². The minimum atomic E-state index is 0. The van der Waals surface area contributed by atoms with Gasteiger partial charge in [0, 0.05) is 11.0 Å². The van der Waals surface area contributed by atoms with E-state index in [-0.39, 0.29) is 12.4 Å². The van der Waals surface area contributed by atoms with E-state index in [0.717, 1.165) is 28.2 Å². The summed E-state index contributed by atoms with van der Waals surface area (Å²) < 4.78 is 7.81. The van der Waals surface area contributed by atoms with Crippen LogP contribution in [0.15, 0.2) is 22.2 Å². The number of aromatic nitrogens is 1. The summed E-state index contributed by atoms with van der Waals surface area (Å²) in [5, 5.41) is 1.20. The van der Waals surface area contributed by atoms with E-state index in [1.807, 2.05) is 6.07 Å². The molecular formula is C18H22BrClN2OS. The molecule has 0 N–H and O–H groups in total. The Morgan fingerprint density at radius 3 is 2.75 bits per heavy atom. The van der Waals surface area contributed by atoms with Gasteiger partial charge >= 0.3 is 0 Å². The zero-order valence-corrected chi connectivity index (χ0v) is 17.4. The number of nitrogens with zero attached hydrogens (tertiary/aromatic N) is 2. The van der Waals surface area contributed by atoms with Gasteiger partial charge in [0.05, 0.1) is 11.8 Å². The van der Waals surface area contributed by atoms with Crippen molar-refractivity contribution in [2.45, 2.75) is 19.3 Å². The van der Waals surface area contributed by atoms with Crippen LogP contribution in [0.25, 0.3) is 15.8 Å². The lowest BCUT2D eigenvalue weighted by Crippen LogP contribution is -2.19. The van der Waals surface area contributed by atoms with Crippen molar-refractivity contribution in [3.63, 3.8) is 0 Å². The molecule has 1 fully saturated rings. The number of rotatable bonds is 4. The summed E-state index contributed by atoms with van der Waals surface area (Å²) in [4.78, 5) is 7.28. The second kappa shape index (κ2) is 6.94. The molecule has 2 aliphatic carbocycles. The van der Waals surface area contributed by atoms with Crippen molar-refractivity contribution in [1.82, 2.24) is 9.88 Å². The fourth-order valence-electron chi connectivity index (χ4n) is 4.14. The number of methoxy groups -OCH3 is 1. The minimum Gasteiger partial charge on any atom is -0.494 e. The van der Waals surface area contributed by atoms with E-state index in [1.54, 1.807) is 24.0 Å². The maximum atomic E-state index is 5.51. The highest BCUT2D eigenvalue weighted by atomic mass is 79.9. The molecule has 0 radical (unpaired) electrons. The quantitative estimate of drug-likeness (QED) is 0.665. The number of halogens is 2. The van der Waals surface area contributed by atoms with Crippen molar-refractivity contribution >= 4 is 55.5 Å².